The molecule has 0 saturated heterocycles. The normalized spacial score (nSPS) is 24.6. The monoisotopic (exact) mass is 270 g/mol. The van der Waals surface area contributed by atoms with Crippen molar-refractivity contribution >= 4 is 34.7 Å². The Labute approximate surface area is 112 Å². The quantitative estimate of drug-likeness (QED) is 0.815. The molecule has 0 amide bonds. The molecule has 1 aliphatic rings. The molecular formula is C13H19ClN2S. The first-order valence-corrected chi connectivity index (χ1v) is 7.70. The van der Waals surface area contributed by atoms with Crippen LogP contribution < -0.4 is 11.1 Å². The molecule has 1 aromatic carbocycles. The van der Waals surface area contributed by atoms with Gasteiger partial charge in [-0.15, -0.1) is 0 Å². The lowest BCUT2D eigenvalue weighted by molar-refractivity contribution is 0.473. The summed E-state index contributed by atoms with van der Waals surface area (Å²) in [6.07, 6.45) is 7.26. The standard InChI is InChI=1S/C13H19ClN2S/c1-17-11-5-3-10(4-6-11)16-13-7-2-9(14)8-12(13)15/h2,7-8,10-11,16H,3-6,15H2,1H3. The van der Waals surface area contributed by atoms with Gasteiger partial charge in [0.25, 0.3) is 0 Å². The number of nitrogens with two attached hydrogens (primary N) is 1. The van der Waals surface area contributed by atoms with Crippen molar-refractivity contribution in [1.82, 2.24) is 0 Å². The highest BCUT2D eigenvalue weighted by Gasteiger charge is 2.20. The van der Waals surface area contributed by atoms with E-state index in [1.807, 2.05) is 23.9 Å². The molecular weight excluding hydrogens is 252 g/mol. The molecule has 4 heteroatoms. The summed E-state index contributed by atoms with van der Waals surface area (Å²) in [5, 5.41) is 5.06. The van der Waals surface area contributed by atoms with Crippen LogP contribution >= 0.6 is 23.4 Å². The van der Waals surface area contributed by atoms with Crippen molar-refractivity contribution in [2.75, 3.05) is 17.3 Å². The highest BCUT2D eigenvalue weighted by Crippen LogP contribution is 2.30. The Morgan fingerprint density at radius 2 is 2.00 bits per heavy atom. The molecule has 0 heterocycles. The Morgan fingerprint density at radius 3 is 2.59 bits per heavy atom. The van der Waals surface area contributed by atoms with Crippen molar-refractivity contribution in [3.05, 3.63) is 23.2 Å². The van der Waals surface area contributed by atoms with Crippen molar-refractivity contribution < 1.29 is 0 Å². The number of nitrogens with one attached hydrogen (secondary N) is 1. The molecule has 94 valence electrons. The highest BCUT2D eigenvalue weighted by molar-refractivity contribution is 7.99. The van der Waals surface area contributed by atoms with Gasteiger partial charge in [-0.25, -0.2) is 0 Å². The Balaban J connectivity index is 1.93. The largest absolute Gasteiger partial charge is 0.397 e. The van der Waals surface area contributed by atoms with E-state index in [0.717, 1.165) is 16.6 Å². The van der Waals surface area contributed by atoms with Crippen LogP contribution in [0.4, 0.5) is 11.4 Å². The smallest absolute Gasteiger partial charge is 0.0577 e. The molecule has 0 aliphatic heterocycles. The van der Waals surface area contributed by atoms with E-state index in [0.29, 0.717) is 11.1 Å². The number of anilines is 2. The maximum Gasteiger partial charge on any atom is 0.0577 e. The molecule has 0 bridgehead atoms. The summed E-state index contributed by atoms with van der Waals surface area (Å²) < 4.78 is 0. The van der Waals surface area contributed by atoms with E-state index in [4.69, 9.17) is 17.3 Å². The van der Waals surface area contributed by atoms with Gasteiger partial charge in [-0.05, 0) is 50.1 Å². The molecule has 17 heavy (non-hydrogen) atoms. The summed E-state index contributed by atoms with van der Waals surface area (Å²) in [5.41, 5.74) is 7.70. The number of hydrogen-bond donors (Lipinski definition) is 2. The molecule has 1 aliphatic carbocycles. The first kappa shape index (κ1) is 12.9. The number of benzene rings is 1. The Morgan fingerprint density at radius 1 is 1.29 bits per heavy atom. The SMILES string of the molecule is CSC1CCC(Nc2ccc(Cl)cc2N)CC1. The third-order valence-electron chi connectivity index (χ3n) is 3.38. The van der Waals surface area contributed by atoms with Crippen LogP contribution in [0.15, 0.2) is 18.2 Å². The molecule has 1 saturated carbocycles. The molecule has 0 radical (unpaired) electrons. The maximum absolute atomic E-state index is 5.94. The van der Waals surface area contributed by atoms with E-state index >= 15 is 0 Å². The van der Waals surface area contributed by atoms with Crippen molar-refractivity contribution in [3.8, 4) is 0 Å². The van der Waals surface area contributed by atoms with Gasteiger partial charge in [0.15, 0.2) is 0 Å². The molecule has 2 rings (SSSR count). The average molecular weight is 271 g/mol. The molecule has 0 aromatic heterocycles. The van der Waals surface area contributed by atoms with Gasteiger partial charge in [-0.2, -0.15) is 11.8 Å². The maximum atomic E-state index is 5.94. The summed E-state index contributed by atoms with van der Waals surface area (Å²) in [7, 11) is 0. The van der Waals surface area contributed by atoms with Gasteiger partial charge in [0.1, 0.15) is 0 Å². The third kappa shape index (κ3) is 3.46. The van der Waals surface area contributed by atoms with Gasteiger partial charge in [0.2, 0.25) is 0 Å². The van der Waals surface area contributed by atoms with Crippen LogP contribution in [0.5, 0.6) is 0 Å². The zero-order chi connectivity index (χ0) is 12.3. The molecule has 3 N–H and O–H groups in total. The number of thioether (sulfide) groups is 1. The zero-order valence-corrected chi connectivity index (χ0v) is 11.7. The van der Waals surface area contributed by atoms with Crippen LogP contribution in [-0.4, -0.2) is 17.5 Å². The van der Waals surface area contributed by atoms with Crippen LogP contribution in [0, 0.1) is 0 Å². The summed E-state index contributed by atoms with van der Waals surface area (Å²) >= 11 is 7.88. The van der Waals surface area contributed by atoms with Gasteiger partial charge in [0.05, 0.1) is 11.4 Å². The third-order valence-corrected chi connectivity index (χ3v) is 4.75. The summed E-state index contributed by atoms with van der Waals surface area (Å²) in [4.78, 5) is 0. The summed E-state index contributed by atoms with van der Waals surface area (Å²) in [5.74, 6) is 0. The number of hydrogen-bond acceptors (Lipinski definition) is 3. The van der Waals surface area contributed by atoms with Crippen LogP contribution in [0.3, 0.4) is 0 Å². The van der Waals surface area contributed by atoms with Crippen LogP contribution in [-0.2, 0) is 0 Å². The minimum atomic E-state index is 0.557. The first-order valence-electron chi connectivity index (χ1n) is 6.03. The van der Waals surface area contributed by atoms with Crippen LogP contribution in [0.25, 0.3) is 0 Å². The van der Waals surface area contributed by atoms with Gasteiger partial charge >= 0.3 is 0 Å². The van der Waals surface area contributed by atoms with Gasteiger partial charge < -0.3 is 11.1 Å². The Bertz CT molecular complexity index is 376. The fraction of sp³-hybridized carbons (Fsp3) is 0.538. The highest BCUT2D eigenvalue weighted by atomic mass is 35.5. The minimum absolute atomic E-state index is 0.557. The number of halogens is 1. The van der Waals surface area contributed by atoms with Crippen molar-refractivity contribution in [3.63, 3.8) is 0 Å². The summed E-state index contributed by atoms with van der Waals surface area (Å²) in [6, 6.07) is 6.21. The number of nitrogen functional groups attached to an aromatic ring is 1. The minimum Gasteiger partial charge on any atom is -0.397 e. The predicted molar refractivity (Wildman–Crippen MR) is 79.0 cm³/mol. The Kier molecular flexibility index (Phi) is 4.46. The van der Waals surface area contributed by atoms with E-state index in [1.54, 1.807) is 6.07 Å². The van der Waals surface area contributed by atoms with Crippen molar-refractivity contribution in [2.45, 2.75) is 37.0 Å². The predicted octanol–water partition coefficient (Wildman–Crippen LogP) is 4.01. The lowest BCUT2D eigenvalue weighted by Crippen LogP contribution is -2.27. The van der Waals surface area contributed by atoms with Crippen molar-refractivity contribution in [1.29, 1.82) is 0 Å². The lowest BCUT2D eigenvalue weighted by atomic mass is 9.94. The zero-order valence-electron chi connectivity index (χ0n) is 10.1. The Hall–Kier alpha value is -0.540. The molecule has 1 aromatic rings. The molecule has 0 atom stereocenters. The molecule has 2 nitrogen and oxygen atoms in total. The van der Waals surface area contributed by atoms with E-state index in [1.165, 1.54) is 25.7 Å². The fourth-order valence-electron chi connectivity index (χ4n) is 2.33. The fourth-order valence-corrected chi connectivity index (χ4v) is 3.25. The van der Waals surface area contributed by atoms with E-state index < -0.39 is 0 Å². The second-order valence-corrected chi connectivity index (χ2v) is 6.16. The van der Waals surface area contributed by atoms with E-state index in [-0.39, 0.29) is 0 Å². The van der Waals surface area contributed by atoms with Gasteiger partial charge in [-0.1, -0.05) is 11.6 Å². The molecule has 1 fully saturated rings. The number of rotatable bonds is 3. The van der Waals surface area contributed by atoms with Crippen LogP contribution in [0.1, 0.15) is 25.7 Å². The topological polar surface area (TPSA) is 38.0 Å². The second kappa shape index (κ2) is 5.87. The van der Waals surface area contributed by atoms with Crippen molar-refractivity contribution in [2.24, 2.45) is 0 Å². The molecule has 0 spiro atoms. The second-order valence-electron chi connectivity index (χ2n) is 4.59. The summed E-state index contributed by atoms with van der Waals surface area (Å²) in [6.45, 7) is 0. The van der Waals surface area contributed by atoms with Gasteiger partial charge in [-0.3, -0.25) is 0 Å². The van der Waals surface area contributed by atoms with Gasteiger partial charge in [0, 0.05) is 16.3 Å². The lowest BCUT2D eigenvalue weighted by Gasteiger charge is -2.29. The van der Waals surface area contributed by atoms with Crippen LogP contribution in [0.2, 0.25) is 5.02 Å². The van der Waals surface area contributed by atoms with E-state index in [2.05, 4.69) is 11.6 Å². The van der Waals surface area contributed by atoms with E-state index in [9.17, 15) is 0 Å². The molecule has 0 unspecified atom stereocenters. The first-order chi connectivity index (χ1) is 8.19. The average Bonchev–Trinajstić information content (AvgIpc) is 2.34.